The van der Waals surface area contributed by atoms with Crippen LogP contribution in [0.3, 0.4) is 0 Å². The van der Waals surface area contributed by atoms with E-state index in [9.17, 15) is 4.79 Å². The minimum absolute atomic E-state index is 0.169. The molecule has 0 amide bonds. The number of aromatic amines is 1. The number of anilines is 1. The Morgan fingerprint density at radius 1 is 1.10 bits per heavy atom. The number of nitrogens with one attached hydrogen (secondary N) is 2. The van der Waals surface area contributed by atoms with E-state index in [0.29, 0.717) is 10.7 Å². The molecule has 0 aliphatic carbocycles. The highest BCUT2D eigenvalue weighted by molar-refractivity contribution is 6.30. The Morgan fingerprint density at radius 3 is 2.67 bits per heavy atom. The number of benzene rings is 2. The molecule has 21 heavy (non-hydrogen) atoms. The number of halogens is 1. The van der Waals surface area contributed by atoms with Crippen LogP contribution in [0.5, 0.6) is 0 Å². The third-order valence-electron chi connectivity index (χ3n) is 3.02. The van der Waals surface area contributed by atoms with Gasteiger partial charge < -0.3 is 4.98 Å². The van der Waals surface area contributed by atoms with Crippen molar-refractivity contribution in [1.29, 1.82) is 0 Å². The standard InChI is InChI=1S/C16H12ClN3O/c17-12-7-5-11(6-8-12)10-18-20-15-9-16(21)19-14-4-2-1-3-13(14)15/h1-10H,(H2,19,20,21)/b18-10+. The van der Waals surface area contributed by atoms with Crippen molar-refractivity contribution in [1.82, 2.24) is 4.98 Å². The number of nitrogens with zero attached hydrogens (tertiary/aromatic N) is 1. The van der Waals surface area contributed by atoms with Crippen LogP contribution in [0.25, 0.3) is 10.9 Å². The second-order valence-corrected chi connectivity index (χ2v) is 4.95. The zero-order valence-electron chi connectivity index (χ0n) is 11.0. The summed E-state index contributed by atoms with van der Waals surface area (Å²) in [6.07, 6.45) is 1.67. The molecule has 4 nitrogen and oxygen atoms in total. The Balaban J connectivity index is 1.88. The van der Waals surface area contributed by atoms with Crippen molar-refractivity contribution in [2.75, 3.05) is 5.43 Å². The normalized spacial score (nSPS) is 11.1. The van der Waals surface area contributed by atoms with Crippen LogP contribution in [0.4, 0.5) is 5.69 Å². The van der Waals surface area contributed by atoms with Gasteiger partial charge in [-0.2, -0.15) is 5.10 Å². The predicted molar refractivity (Wildman–Crippen MR) is 87.2 cm³/mol. The largest absolute Gasteiger partial charge is 0.322 e. The molecule has 104 valence electrons. The molecule has 0 saturated carbocycles. The highest BCUT2D eigenvalue weighted by Gasteiger charge is 2.01. The second-order valence-electron chi connectivity index (χ2n) is 4.51. The maximum Gasteiger partial charge on any atom is 0.250 e. The molecule has 0 atom stereocenters. The molecule has 2 N–H and O–H groups in total. The van der Waals surface area contributed by atoms with E-state index in [2.05, 4.69) is 15.5 Å². The highest BCUT2D eigenvalue weighted by Crippen LogP contribution is 2.19. The minimum Gasteiger partial charge on any atom is -0.322 e. The number of para-hydroxylation sites is 1. The molecule has 3 aromatic rings. The van der Waals surface area contributed by atoms with Gasteiger partial charge in [0.15, 0.2) is 0 Å². The third-order valence-corrected chi connectivity index (χ3v) is 3.27. The lowest BCUT2D eigenvalue weighted by Gasteiger charge is -2.04. The first-order chi connectivity index (χ1) is 10.2. The minimum atomic E-state index is -0.169. The first kappa shape index (κ1) is 13.4. The van der Waals surface area contributed by atoms with E-state index < -0.39 is 0 Å². The summed E-state index contributed by atoms with van der Waals surface area (Å²) in [5.41, 5.74) is 5.10. The summed E-state index contributed by atoms with van der Waals surface area (Å²) < 4.78 is 0. The van der Waals surface area contributed by atoms with Gasteiger partial charge in [-0.1, -0.05) is 41.9 Å². The summed E-state index contributed by atoms with van der Waals surface area (Å²) >= 11 is 5.83. The van der Waals surface area contributed by atoms with Crippen molar-refractivity contribution in [3.63, 3.8) is 0 Å². The van der Waals surface area contributed by atoms with Gasteiger partial charge in [0.2, 0.25) is 0 Å². The van der Waals surface area contributed by atoms with Gasteiger partial charge in [0, 0.05) is 16.5 Å². The highest BCUT2D eigenvalue weighted by atomic mass is 35.5. The van der Waals surface area contributed by atoms with Crippen molar-refractivity contribution in [3.8, 4) is 0 Å². The molecule has 0 unspecified atom stereocenters. The zero-order valence-corrected chi connectivity index (χ0v) is 11.8. The van der Waals surface area contributed by atoms with E-state index in [0.717, 1.165) is 16.5 Å². The molecular formula is C16H12ClN3O. The van der Waals surface area contributed by atoms with Gasteiger partial charge in [-0.05, 0) is 23.8 Å². The average molecular weight is 298 g/mol. The summed E-state index contributed by atoms with van der Waals surface area (Å²) in [6, 6.07) is 16.4. The number of aromatic nitrogens is 1. The Labute approximate surface area is 126 Å². The number of rotatable bonds is 3. The van der Waals surface area contributed by atoms with Crippen molar-refractivity contribution in [2.24, 2.45) is 5.10 Å². The predicted octanol–water partition coefficient (Wildman–Crippen LogP) is 3.63. The lowest BCUT2D eigenvalue weighted by atomic mass is 10.2. The zero-order chi connectivity index (χ0) is 14.7. The molecule has 3 rings (SSSR count). The smallest absolute Gasteiger partial charge is 0.250 e. The molecule has 2 aromatic carbocycles. The van der Waals surface area contributed by atoms with E-state index in [-0.39, 0.29) is 5.56 Å². The molecule has 0 fully saturated rings. The van der Waals surface area contributed by atoms with Crippen LogP contribution in [0.1, 0.15) is 5.56 Å². The molecule has 0 aliphatic rings. The Kier molecular flexibility index (Phi) is 3.71. The van der Waals surface area contributed by atoms with Gasteiger partial charge >= 0.3 is 0 Å². The molecule has 0 aliphatic heterocycles. The summed E-state index contributed by atoms with van der Waals surface area (Å²) in [6.45, 7) is 0. The average Bonchev–Trinajstić information content (AvgIpc) is 2.49. The van der Waals surface area contributed by atoms with Gasteiger partial charge in [0.25, 0.3) is 5.56 Å². The number of H-pyrrole nitrogens is 1. The monoisotopic (exact) mass is 297 g/mol. The quantitative estimate of drug-likeness (QED) is 0.573. The molecule has 1 heterocycles. The summed E-state index contributed by atoms with van der Waals surface area (Å²) in [5, 5.41) is 5.75. The fourth-order valence-electron chi connectivity index (χ4n) is 2.02. The van der Waals surface area contributed by atoms with Gasteiger partial charge in [0.05, 0.1) is 17.4 Å². The van der Waals surface area contributed by atoms with Crippen LogP contribution >= 0.6 is 11.6 Å². The number of fused-ring (bicyclic) bond motifs is 1. The van der Waals surface area contributed by atoms with Gasteiger partial charge in [0.1, 0.15) is 0 Å². The molecule has 0 bridgehead atoms. The fraction of sp³-hybridized carbons (Fsp3) is 0. The van der Waals surface area contributed by atoms with Crippen LogP contribution in [0.2, 0.25) is 5.02 Å². The topological polar surface area (TPSA) is 57.2 Å². The van der Waals surface area contributed by atoms with Crippen molar-refractivity contribution < 1.29 is 0 Å². The lowest BCUT2D eigenvalue weighted by Crippen LogP contribution is -2.06. The molecule has 0 radical (unpaired) electrons. The lowest BCUT2D eigenvalue weighted by molar-refractivity contribution is 1.28. The summed E-state index contributed by atoms with van der Waals surface area (Å²) in [4.78, 5) is 14.4. The van der Waals surface area contributed by atoms with Crippen LogP contribution in [-0.4, -0.2) is 11.2 Å². The van der Waals surface area contributed by atoms with Crippen LogP contribution in [0.15, 0.2) is 64.5 Å². The maximum atomic E-state index is 11.6. The van der Waals surface area contributed by atoms with Crippen molar-refractivity contribution in [3.05, 3.63) is 75.5 Å². The van der Waals surface area contributed by atoms with E-state index in [1.165, 1.54) is 6.07 Å². The first-order valence-electron chi connectivity index (χ1n) is 6.39. The number of hydrogen-bond acceptors (Lipinski definition) is 3. The molecule has 0 spiro atoms. The maximum absolute atomic E-state index is 11.6. The molecule has 5 heteroatoms. The number of pyridine rings is 1. The molecule has 0 saturated heterocycles. The summed E-state index contributed by atoms with van der Waals surface area (Å²) in [7, 11) is 0. The Bertz CT molecular complexity index is 853. The van der Waals surface area contributed by atoms with Gasteiger partial charge in [-0.3, -0.25) is 10.2 Å². The number of hydrogen-bond donors (Lipinski definition) is 2. The van der Waals surface area contributed by atoms with Crippen LogP contribution in [-0.2, 0) is 0 Å². The van der Waals surface area contributed by atoms with E-state index in [4.69, 9.17) is 11.6 Å². The summed E-state index contributed by atoms with van der Waals surface area (Å²) in [5.74, 6) is 0. The Morgan fingerprint density at radius 2 is 1.86 bits per heavy atom. The van der Waals surface area contributed by atoms with Crippen molar-refractivity contribution >= 4 is 34.4 Å². The first-order valence-corrected chi connectivity index (χ1v) is 6.77. The third kappa shape index (κ3) is 3.12. The Hall–Kier alpha value is -2.59. The van der Waals surface area contributed by atoms with Crippen LogP contribution < -0.4 is 11.0 Å². The van der Waals surface area contributed by atoms with Crippen LogP contribution in [0, 0.1) is 0 Å². The van der Waals surface area contributed by atoms with E-state index in [1.54, 1.807) is 18.3 Å². The fourth-order valence-corrected chi connectivity index (χ4v) is 2.15. The number of hydrazone groups is 1. The van der Waals surface area contributed by atoms with Gasteiger partial charge in [-0.25, -0.2) is 0 Å². The molecule has 1 aromatic heterocycles. The SMILES string of the molecule is O=c1cc(N/N=C/c2ccc(Cl)cc2)c2ccccc2[nH]1. The van der Waals surface area contributed by atoms with Gasteiger partial charge in [-0.15, -0.1) is 0 Å². The van der Waals surface area contributed by atoms with E-state index >= 15 is 0 Å². The van der Waals surface area contributed by atoms with Crippen molar-refractivity contribution in [2.45, 2.75) is 0 Å². The second kappa shape index (κ2) is 5.81. The molecular weight excluding hydrogens is 286 g/mol. The van der Waals surface area contributed by atoms with E-state index in [1.807, 2.05) is 36.4 Å².